The van der Waals surface area contributed by atoms with E-state index >= 15 is 0 Å². The largest absolute Gasteiger partial charge is 0.322 e. The maximum Gasteiger partial charge on any atom is 0.132 e. The smallest absolute Gasteiger partial charge is 0.132 e. The predicted molar refractivity (Wildman–Crippen MR) is 44.3 cm³/mol. The highest BCUT2D eigenvalue weighted by Crippen LogP contribution is 2.23. The first kappa shape index (κ1) is 10.3. The zero-order valence-electron chi connectivity index (χ0n) is 6.53. The van der Waals surface area contributed by atoms with E-state index < -0.39 is 29.9 Å². The minimum absolute atomic E-state index is 0.0789. The van der Waals surface area contributed by atoms with Crippen molar-refractivity contribution in [3.8, 4) is 0 Å². The third-order valence-corrected chi connectivity index (χ3v) is 1.80. The fourth-order valence-corrected chi connectivity index (χ4v) is 1.18. The van der Waals surface area contributed by atoms with Crippen molar-refractivity contribution in [2.45, 2.75) is 6.04 Å². The monoisotopic (exact) mass is 209 g/mol. The summed E-state index contributed by atoms with van der Waals surface area (Å²) in [5, 5.41) is -0.0789. The molecule has 1 atom stereocenters. The first-order valence-electron chi connectivity index (χ1n) is 3.52. The zero-order chi connectivity index (χ0) is 10.0. The number of halogens is 4. The summed E-state index contributed by atoms with van der Waals surface area (Å²) in [5.74, 6) is -1.84. The molecule has 0 aromatic heterocycles. The van der Waals surface area contributed by atoms with Gasteiger partial charge in [-0.25, -0.2) is 13.2 Å². The van der Waals surface area contributed by atoms with Crippen molar-refractivity contribution >= 4 is 11.6 Å². The molecule has 13 heavy (non-hydrogen) atoms. The average Bonchev–Trinajstić information content (AvgIpc) is 2.02. The van der Waals surface area contributed by atoms with E-state index in [4.69, 9.17) is 17.3 Å². The third-order valence-electron chi connectivity index (χ3n) is 1.58. The van der Waals surface area contributed by atoms with Gasteiger partial charge in [-0.1, -0.05) is 11.6 Å². The van der Waals surface area contributed by atoms with Crippen LogP contribution in [0.1, 0.15) is 11.6 Å². The Morgan fingerprint density at radius 3 is 2.15 bits per heavy atom. The summed E-state index contributed by atoms with van der Waals surface area (Å²) >= 11 is 5.36. The van der Waals surface area contributed by atoms with Crippen LogP contribution in [0.15, 0.2) is 12.1 Å². The van der Waals surface area contributed by atoms with Crippen LogP contribution >= 0.6 is 11.6 Å². The Kier molecular flexibility index (Phi) is 3.17. The molecule has 1 nitrogen and oxygen atoms in total. The number of benzene rings is 1. The van der Waals surface area contributed by atoms with Gasteiger partial charge in [-0.2, -0.15) is 0 Å². The third kappa shape index (κ3) is 2.14. The summed E-state index contributed by atoms with van der Waals surface area (Å²) < 4.78 is 38.0. The molecule has 1 rings (SSSR count). The van der Waals surface area contributed by atoms with Crippen LogP contribution in [0.2, 0.25) is 5.02 Å². The number of alkyl halides is 1. The highest BCUT2D eigenvalue weighted by atomic mass is 35.5. The van der Waals surface area contributed by atoms with Gasteiger partial charge < -0.3 is 5.73 Å². The summed E-state index contributed by atoms with van der Waals surface area (Å²) in [6, 6.07) is 0.516. The van der Waals surface area contributed by atoms with E-state index in [-0.39, 0.29) is 5.02 Å². The minimum atomic E-state index is -1.28. The molecule has 72 valence electrons. The van der Waals surface area contributed by atoms with Crippen molar-refractivity contribution in [2.24, 2.45) is 5.73 Å². The summed E-state index contributed by atoms with van der Waals surface area (Å²) in [7, 11) is 0. The van der Waals surface area contributed by atoms with Crippen molar-refractivity contribution in [1.82, 2.24) is 0 Å². The second-order valence-electron chi connectivity index (χ2n) is 2.54. The molecule has 0 aliphatic carbocycles. The Bertz CT molecular complexity index is 293. The maximum absolute atomic E-state index is 13.0. The predicted octanol–water partition coefficient (Wildman–Crippen LogP) is 2.59. The van der Waals surface area contributed by atoms with E-state index in [9.17, 15) is 13.2 Å². The van der Waals surface area contributed by atoms with Crippen LogP contribution in [0.4, 0.5) is 13.2 Å². The Morgan fingerprint density at radius 2 is 1.77 bits per heavy atom. The van der Waals surface area contributed by atoms with E-state index in [0.29, 0.717) is 0 Å². The van der Waals surface area contributed by atoms with Crippen LogP contribution in [-0.4, -0.2) is 6.67 Å². The quantitative estimate of drug-likeness (QED) is 0.796. The fourth-order valence-electron chi connectivity index (χ4n) is 0.985. The molecular formula is C8H7ClF3N. The first-order chi connectivity index (χ1) is 6.06. The number of hydrogen-bond donors (Lipinski definition) is 1. The summed E-state index contributed by atoms with van der Waals surface area (Å²) in [6.07, 6.45) is 0. The lowest BCUT2D eigenvalue weighted by molar-refractivity contribution is 0.413. The van der Waals surface area contributed by atoms with E-state index in [1.54, 1.807) is 0 Å². The van der Waals surface area contributed by atoms with E-state index in [2.05, 4.69) is 0 Å². The van der Waals surface area contributed by atoms with Crippen molar-refractivity contribution in [3.05, 3.63) is 34.4 Å². The van der Waals surface area contributed by atoms with Crippen LogP contribution in [0.5, 0.6) is 0 Å². The van der Waals surface area contributed by atoms with E-state index in [1.807, 2.05) is 0 Å². The lowest BCUT2D eigenvalue weighted by atomic mass is 10.1. The van der Waals surface area contributed by atoms with Gasteiger partial charge in [0.25, 0.3) is 0 Å². The summed E-state index contributed by atoms with van der Waals surface area (Å²) in [6.45, 7) is -1.02. The van der Waals surface area contributed by atoms with Gasteiger partial charge in [0, 0.05) is 10.6 Å². The van der Waals surface area contributed by atoms with Crippen molar-refractivity contribution in [1.29, 1.82) is 0 Å². The summed E-state index contributed by atoms with van der Waals surface area (Å²) in [4.78, 5) is 0. The average molecular weight is 210 g/mol. The molecule has 0 radical (unpaired) electrons. The van der Waals surface area contributed by atoms with E-state index in [0.717, 1.165) is 12.1 Å². The van der Waals surface area contributed by atoms with Crippen LogP contribution in [0.3, 0.4) is 0 Å². The van der Waals surface area contributed by atoms with Gasteiger partial charge in [0.2, 0.25) is 0 Å². The Balaban J connectivity index is 3.20. The first-order valence-corrected chi connectivity index (χ1v) is 3.90. The molecule has 0 bridgehead atoms. The Morgan fingerprint density at radius 1 is 1.31 bits per heavy atom. The lowest BCUT2D eigenvalue weighted by Crippen LogP contribution is -2.16. The van der Waals surface area contributed by atoms with Crippen LogP contribution < -0.4 is 5.73 Å². The van der Waals surface area contributed by atoms with Crippen LogP contribution in [0, 0.1) is 11.6 Å². The molecule has 1 aromatic rings. The second kappa shape index (κ2) is 3.98. The second-order valence-corrected chi connectivity index (χ2v) is 2.98. The van der Waals surface area contributed by atoms with Crippen LogP contribution in [-0.2, 0) is 0 Å². The Hall–Kier alpha value is -0.740. The maximum atomic E-state index is 13.0. The molecule has 0 saturated carbocycles. The van der Waals surface area contributed by atoms with E-state index in [1.165, 1.54) is 0 Å². The molecule has 0 aliphatic heterocycles. The standard InChI is InChI=1S/C8H7ClF3N/c9-4-1-5(11)8(6(12)2-4)7(13)3-10/h1-2,7H,3,13H2. The van der Waals surface area contributed by atoms with Crippen molar-refractivity contribution in [2.75, 3.05) is 6.67 Å². The van der Waals surface area contributed by atoms with Gasteiger partial charge in [0.1, 0.15) is 18.3 Å². The zero-order valence-corrected chi connectivity index (χ0v) is 7.28. The van der Waals surface area contributed by atoms with Gasteiger partial charge >= 0.3 is 0 Å². The van der Waals surface area contributed by atoms with Gasteiger partial charge in [-0.05, 0) is 12.1 Å². The number of nitrogens with two attached hydrogens (primary N) is 1. The number of rotatable bonds is 2. The molecular weight excluding hydrogens is 203 g/mol. The lowest BCUT2D eigenvalue weighted by Gasteiger charge is -2.09. The highest BCUT2D eigenvalue weighted by Gasteiger charge is 2.17. The SMILES string of the molecule is NC(CF)c1c(F)cc(Cl)cc1F. The van der Waals surface area contributed by atoms with Crippen LogP contribution in [0.25, 0.3) is 0 Å². The molecule has 0 heterocycles. The van der Waals surface area contributed by atoms with Gasteiger partial charge in [-0.15, -0.1) is 0 Å². The normalized spacial score (nSPS) is 13.0. The fraction of sp³-hybridized carbons (Fsp3) is 0.250. The molecule has 0 fully saturated rings. The van der Waals surface area contributed by atoms with Gasteiger partial charge in [0.05, 0.1) is 6.04 Å². The van der Waals surface area contributed by atoms with Gasteiger partial charge in [0.15, 0.2) is 0 Å². The molecule has 5 heteroatoms. The number of hydrogen-bond acceptors (Lipinski definition) is 1. The van der Waals surface area contributed by atoms with Gasteiger partial charge in [-0.3, -0.25) is 0 Å². The molecule has 0 spiro atoms. The Labute approximate surface area is 78.3 Å². The molecule has 1 unspecified atom stereocenters. The molecule has 1 aromatic carbocycles. The molecule has 0 amide bonds. The summed E-state index contributed by atoms with van der Waals surface area (Å²) in [5.41, 5.74) is 4.68. The molecule has 0 aliphatic rings. The molecule has 0 saturated heterocycles. The minimum Gasteiger partial charge on any atom is -0.322 e. The molecule has 2 N–H and O–H groups in total. The topological polar surface area (TPSA) is 26.0 Å². The van der Waals surface area contributed by atoms with Crippen molar-refractivity contribution < 1.29 is 13.2 Å². The van der Waals surface area contributed by atoms with Crippen molar-refractivity contribution in [3.63, 3.8) is 0 Å². The highest BCUT2D eigenvalue weighted by molar-refractivity contribution is 6.30.